The van der Waals surface area contributed by atoms with Crippen molar-refractivity contribution in [2.45, 2.75) is 322 Å². The zero-order valence-corrected chi connectivity index (χ0v) is 77.1. The molecule has 7 aromatic carbocycles. The average molecular weight is 3060 g/mol. The van der Waals surface area contributed by atoms with Crippen LogP contribution >= 0.6 is 0 Å². The van der Waals surface area contributed by atoms with Gasteiger partial charge in [-0.1, -0.05) is 289 Å². The van der Waals surface area contributed by atoms with Crippen molar-refractivity contribution in [3.63, 3.8) is 0 Å². The molecule has 3 aliphatic carbocycles. The average Bonchev–Trinajstić information content (AvgIpc) is 1.64. The fraction of sp³-hybridized carbons (Fsp3) is 0.600. The second-order valence-corrected chi connectivity index (χ2v) is 34.4. The Bertz CT molecular complexity index is 4330. The molecule has 0 spiro atoms. The van der Waals surface area contributed by atoms with Crippen LogP contribution in [0.15, 0.2) is 158 Å². The van der Waals surface area contributed by atoms with E-state index in [1.54, 1.807) is 0 Å². The lowest BCUT2D eigenvalue weighted by molar-refractivity contribution is -0.0276. The van der Waals surface area contributed by atoms with Gasteiger partial charge in [-0.15, -0.1) is 0 Å². The topological polar surface area (TPSA) is 226 Å². The Balaban J connectivity index is -0.00000000981. The molecule has 3 saturated carbocycles. The van der Waals surface area contributed by atoms with Crippen LogP contribution in [0.1, 0.15) is 952 Å². The molecule has 3 fully saturated rings. The number of ether oxygens (including phenoxy) is 7. The van der Waals surface area contributed by atoms with E-state index in [9.17, 15) is 0 Å². The first-order valence-corrected chi connectivity index (χ1v) is 46.9. The van der Waals surface area contributed by atoms with Crippen LogP contribution in [0.2, 0.25) is 0 Å². The quantitative estimate of drug-likeness (QED) is 0.0168. The maximum Gasteiger partial charge on any atom is 0.135 e. The molecular weight excluding hydrogens is 1560 g/mol. The van der Waals surface area contributed by atoms with E-state index in [1.807, 2.05) is 100 Å². The van der Waals surface area contributed by atoms with Crippen molar-refractivity contribution in [1.29, 1.82) is 0 Å². The summed E-state index contributed by atoms with van der Waals surface area (Å²) in [7, 11) is 0. The van der Waals surface area contributed by atoms with Crippen LogP contribution in [0.3, 0.4) is 0 Å². The van der Waals surface area contributed by atoms with Gasteiger partial charge in [-0.3, -0.25) is 0 Å². The van der Waals surface area contributed by atoms with Crippen molar-refractivity contribution in [3.05, 3.63) is 213 Å². The van der Waals surface area contributed by atoms with Crippen molar-refractivity contribution in [3.8, 4) is 46.3 Å². The molecule has 0 saturated heterocycles. The number of aliphatic hydroxyl groups is 8. The summed E-state index contributed by atoms with van der Waals surface area (Å²) in [6.07, 6.45) is 30.6. The van der Waals surface area contributed by atoms with Crippen LogP contribution in [0.25, 0.3) is 0 Å². The molecule has 15 nitrogen and oxygen atoms in total. The second-order valence-electron chi connectivity index (χ2n) is 34.4. The van der Waals surface area contributed by atoms with E-state index < -0.39 is 0 Å². The predicted octanol–water partition coefficient (Wildman–Crippen LogP) is 77.6. The molecule has 2 aliphatic heterocycles. The number of para-hydroxylation sites is 6. The summed E-state index contributed by atoms with van der Waals surface area (Å²) in [5.41, 5.74) is 12.8. The summed E-state index contributed by atoms with van der Waals surface area (Å²) in [5, 5.41) is 71.2. The third-order valence-electron chi connectivity index (χ3n) is 22.8. The van der Waals surface area contributed by atoms with E-state index in [0.29, 0.717) is 56.2 Å². The maximum absolute atomic E-state index is 9.16. The van der Waals surface area contributed by atoms with Gasteiger partial charge in [0, 0.05) is 669 Å². The second kappa shape index (κ2) is 67.7. The molecule has 1142 valence electrons. The molecule has 7 aromatic rings. The molecule has 10 atom stereocenters. The van der Waals surface area contributed by atoms with Crippen molar-refractivity contribution in [1.82, 2.24) is 0 Å². The largest absolute Gasteiger partial charge is 0.491 e. The van der Waals surface area contributed by atoms with Crippen LogP contribution < -0.4 is 28.4 Å². The molecule has 0 aromatic heterocycles. The minimum atomic E-state index is -0.139. The smallest absolute Gasteiger partial charge is 0.135 e. The monoisotopic (exact) mass is 3060 g/mol. The van der Waals surface area contributed by atoms with Crippen LogP contribution in [0.4, 0.5) is 0 Å². The van der Waals surface area contributed by atoms with Crippen LogP contribution in [0, 0.1) is 47.3 Å². The zero-order chi connectivity index (χ0) is 525. The molecule has 5 aliphatic rings. The summed E-state index contributed by atoms with van der Waals surface area (Å²) < 4.78 is 2220. The first-order valence-electron chi connectivity index (χ1n) is 265. The van der Waals surface area contributed by atoms with E-state index >= 15 is 0 Å². The summed E-state index contributed by atoms with van der Waals surface area (Å²) in [4.78, 5) is 0. The number of hydrogen-bond donors (Lipinski definition) is 8. The molecule has 12 rings (SSSR count). The first kappa shape index (κ1) is 14.1. The van der Waals surface area contributed by atoms with Gasteiger partial charge in [-0.25, -0.2) is 0 Å². The highest BCUT2D eigenvalue weighted by atomic mass is 16.5. The molecule has 2 heterocycles. The number of unbranched alkanes of at least 4 members (excludes halogenated alkanes) is 3. The highest BCUT2D eigenvalue weighted by molar-refractivity contribution is 5.48. The normalized spacial score (nSPS) is 31.9. The number of aliphatic hydroxyl groups excluding tert-OH is 8. The van der Waals surface area contributed by atoms with E-state index in [-0.39, 0.29) is 95.8 Å². The van der Waals surface area contributed by atoms with E-state index in [1.165, 1.54) is 153 Å². The lowest BCUT2D eigenvalue weighted by atomic mass is 9.83. The number of aryl methyl sites for hydroxylation is 6. The van der Waals surface area contributed by atoms with Crippen molar-refractivity contribution in [2.24, 2.45) is 35.5 Å². The molecule has 0 amide bonds. The predicted molar refractivity (Wildman–Crippen MR) is 986 cm³/mol. The third kappa shape index (κ3) is 43.9. The Labute approximate surface area is 1430 Å². The lowest BCUT2D eigenvalue weighted by Crippen LogP contribution is -2.28. The highest BCUT2D eigenvalue weighted by Gasteiger charge is 2.39. The molecule has 6 unspecified atom stereocenters. The number of rotatable bonds is 39. The van der Waals surface area contributed by atoms with Crippen LogP contribution in [0.5, 0.6) is 34.5 Å². The van der Waals surface area contributed by atoms with Gasteiger partial charge in [0.2, 0.25) is 0 Å². The van der Waals surface area contributed by atoms with Gasteiger partial charge >= 0.3 is 0 Å². The van der Waals surface area contributed by atoms with Gasteiger partial charge in [-0.05, 0) is 245 Å². The van der Waals surface area contributed by atoms with Crippen molar-refractivity contribution >= 4 is 0 Å². The Morgan fingerprint density at radius 1 is 0.424 bits per heavy atom. The fourth-order valence-corrected chi connectivity index (χ4v) is 15.4. The SMILES string of the molecule is C.C.C.CC(C)C#Cc1ccccc1OCCO.CC(C)CCc1ccccc1OC(C)CO.CC(C)CCc1ccccc1OCCO.CCCCC1CCCCC1OCCO.CCCCc1cccc2c1OC(CO)C2.CCCCc1cccc2c1OC(CO)CC2.CC[C@H]1C[C@@H]1c1ccccc1CCCO.CC[C@H]1C[C@@H]1c1ccccc1OC(C)CO.[3HH].[3HH].[3H][3H].[3H][3H].[3H][3H].[3H][3H].[3H][3H].[3H][3H].[3H][3H].[3H][3H].[3H][3H].[3H][3H].[3H][3H].[3H][3H].[3H][3H].[3H][3H].[3H][3H].[3H][3H].[3H][3H].[3H][3H].[3H][3H].[3H][3H].[3H][3H].[3H][3H].[3H][3H].[3H][3H].[3H][3H].[3H][3H].[3H][3H].[3H][3H].[3H][3H].[3H][3H].[3H][3H].[3H][3H].[3H][3H].[3H][3H].[3H][3H].[3H][3H].[3H][3H].[3H][3H].[3H][3H].[3H][3H].[3H][3H].[3H][3H].[3H][3H].[3H][3H].[3H][3H].[3H][3H].[3H][3H].[3H][3H].[3H][3H].[3H][3H].[3H][3H].[3H][3H].[3H][3H].[3H][3H].[3H][3H].[3H][3H].[3H][3H].[3H][3H].[3H][3H].[3H][3H].[3H][3H].[3H][3H].[3H][3H].[3H][3H].[3H][3H].[3H][3H].[3H][3H].[3H][3H].[3H][3H].[3H][3H].[3H][3H].[3H][3H].[3H][3H].[3H][3H].[3H][3H].[3H][3H].[3H][3H].[3H][3H].[3H][3H].[3H][3H].[3H][3H].[3H][3H].[3H][3H].[3H][3H].[3H][3H].[3H][3H].[3H][3H].[3H][3H].[3H][3H].[3H][3H].[3H][3H].[3H][3H].[3H][3H].[3H][3H].[3H][3H].[3H][3H].[3H][3H].[3H][3H].[3H][3H].[3H][3H].[3H][3H].[3H][3H].[3H][3H].[3H][3H].[3H][3H].[3H][3H].[3H][3H].[3H][3H].[3H][3H].[3H][3H].[3H][3H].[3H][3H].[3H][3H].[3H][3H].[3H][3H].[3H][3H].[3H][3H].[3H][3H].[3H][3H].[3H][3H].[3H][3H].[3H][3H].[3H][3H].[3H][3H].[3H][3H].[3H][3H].[3H][3H].[3H][3H].[3H][3H].[3H][3H].[3H][3H].[3H][3H].[3H][3H].[3H][3H].[3H][3H].[3H][3H].[3H][3H].[3H][3H].[3H][3H].[3H][3H].[3H][3H].[3H][3H].[3H][3H].[3H][3H].[3H][3H].[3H][3H].[3H][3H].[3H][3H].[3H][3H].[3H][3H].[3H][3H].[3H][3H].[3H][3H].[3H][3H].[3H][3H].[3H][3H].[3H][3H].[3H][3H].[3H][3H].[3H][3H].[3H][3H].[3H][3H].[3H][3H].[3H][3H].[3H][3H].[3H][3H].[3H][3H].[3H][3H].[3H][3H].[3H][3H].[3H][3H].[3H][3H].[3H][3H].[3H][3H].[3H][3H].[3H][3H].[3H][3H].[3H][3H].[3H][3H].[3H][3H].[3H][3H].[3H][3H].[3H][3H].[3H][3H].[3H][3H].[3H][3H].[3H][3H].[3H][3H].[3H][3H].[3H][3H].[3H][3H].[3H][3H].[3H][3H].[3H][3H].[3H][3H].[3H][3H].[3H][3H].[3H][3H].[3H][3H].[3H][3H].[3H][3H].[3H][3H].[3H][3H].[3H][3H].[3H][3H].[3H][3H].[3H][3H].[3H][3H].[3H][3H].[3H][3H].[3H][3H].[3H][3H].[3H][3H].[3H][3H].[3H][3H].[3H][3H].[3H][3H].[3H][3H]. The Kier molecular flexibility index (Phi) is 7.64. The fourth-order valence-electron chi connectivity index (χ4n) is 15.4. The molecule has 125 heavy (non-hydrogen) atoms. The van der Waals surface area contributed by atoms with Crippen LogP contribution in [-0.2, 0) is 49.7 Å². The molecule has 0 bridgehead atoms. The van der Waals surface area contributed by atoms with Crippen LogP contribution in [-0.4, -0.2) is 144 Å². The van der Waals surface area contributed by atoms with Gasteiger partial charge in [0.05, 0.1) is 64.5 Å². The van der Waals surface area contributed by atoms with Gasteiger partial charge in [0.25, 0.3) is 0 Å². The van der Waals surface area contributed by atoms with Gasteiger partial charge < -0.3 is 74.0 Å². The highest BCUT2D eigenvalue weighted by Crippen LogP contribution is 2.52. The molecule has 15 heteroatoms. The Morgan fingerprint density at radius 2 is 0.880 bits per heavy atom. The van der Waals surface area contributed by atoms with Crippen molar-refractivity contribution < 1.29 is 724 Å². The summed E-state index contributed by atoms with van der Waals surface area (Å²) in [6.45, 7) is 30.0. The van der Waals surface area contributed by atoms with E-state index in [4.69, 9.17) is 721 Å². The van der Waals surface area contributed by atoms with Gasteiger partial charge in [0.15, 0.2) is 0 Å². The summed E-state index contributed by atoms with van der Waals surface area (Å²) in [5.74, 6) is 17.5. The standard InChI is InChI=1S/2C14H20O2.C14H22O2.C14H20O.C13H18O2.C13H20O2.C13H16O2.C12H24O2.3CH4.220H2/c1-3-11-8-13(11)12-6-4-5-7-14(12)16-10(2)9-15;1-2-3-5-11-6-4-7-12-8-9-13(10-15)16-14(11)12;1-11(2)8-9-13-6-4-5-7-14(13)16-12(3)10-15;1-2-11-10-14(11)13-8-4-3-6-12(13)7-5-9-15;1-2-3-5-10-6-4-7-11-8-12(9-14)15-13(10)11;2*1-11(2)7-8-12-5-3-4-6-13(12)15-10-9-14;1-2-3-6-11-7-4-5-8-12(11)14-10-9-13;;;;;;;;;;;;;;;;;;;;;;;;;;;;;;;;;;;;;;;;;;;;;;;;;;;;;;;;;;;;;;;;;;;;;;;;;;;;;;;;;;;;;;;;;;;;;;;;;;;;;;;;;;;;;;;;;;;;;;;;;;;;;;;;;;;;;;;;;;;;;;;;;;;;;;;;;;;;;;;;;;;;;;;;;;;;;;;;;;;;;;;;;;;;;;;;;;;;;;;;;;;;;;;;;;;;;;;;;;;;;;;/h4-7,10-11,13,15H,3,8-9H2,1-2H3;4,6-7,13,15H,2-3,5,8-10H2,1H3;4-7,11-12,15H,8-10H2,1-3H3;3-4,6,8,11,14-15H,2,5,7,9-10H2,1H3;4,6-7,12,14H,2-3,5,8-9H2,1H3;3-6,11,14H,7-10H2,1-2H3;3-6,11,14H,9-10H2,1-2H3;11-13H,2-10H2,1H3;3*1H4;220*1H/t10?,11-,13-;;;11-,14-;;;;;;;;;;;;;;;;;;;;;;;;;;;;;;;;;;;;;;;;;;;;;;;;;;;;;;;;;;;;;;;;;;;;;;;;;;;;;;;;;;;;;;;;;;;;;;;;;;;;;;;;;;;;;;;;;;;;;;;;;;;;;;;;;;;;;;;;;;;;;;;;;;;;;;;;;;;;;;;;;;;;;;;;;;;;;;;;;;;;;;;;;;;;;;;;;;;;;;;;;;;;;;;;;;;;;;;;;;;;;;;;;;;/m0..0.................................................................................................................................................................................................................................../s1/i;;;;;;;;;;;218*1+2T;2*1+2. The minimum Gasteiger partial charge on any atom is -0.491 e. The summed E-state index contributed by atoms with van der Waals surface area (Å²) in [6, 6.07) is 53.4. The zero-order valence-electron chi connectivity index (χ0n) is 513. The number of hydrogen-bond acceptors (Lipinski definition) is 15. The molecule has 0 radical (unpaired) electrons. The van der Waals surface area contributed by atoms with Crippen molar-refractivity contribution in [2.75, 3.05) is 72.7 Å². The molecule has 8 N–H and O–H groups in total. The van der Waals surface area contributed by atoms with Gasteiger partial charge in [-0.2, -0.15) is 0 Å². The Morgan fingerprint density at radius 3 is 1.41 bits per heavy atom. The van der Waals surface area contributed by atoms with Gasteiger partial charge in [0.1, 0.15) is 72.1 Å². The Hall–Kier alpha value is -7.46. The number of fused-ring (bicyclic) bond motifs is 2. The molecular formula is C110H612O15. The maximum atomic E-state index is 9.16. The lowest BCUT2D eigenvalue weighted by Gasteiger charge is -2.31. The number of benzene rings is 7. The van der Waals surface area contributed by atoms with E-state index in [0.717, 1.165) is 128 Å². The minimum absolute atomic E-state index is 0. The third-order valence-corrected chi connectivity index (χ3v) is 22.8. The summed E-state index contributed by atoms with van der Waals surface area (Å²) >= 11 is 0. The van der Waals surface area contributed by atoms with E-state index in [2.05, 4.69) is 159 Å². The first-order chi connectivity index (χ1) is 277.